The highest BCUT2D eigenvalue weighted by Crippen LogP contribution is 2.24. The highest BCUT2D eigenvalue weighted by molar-refractivity contribution is 5.96. The molecular weight excluding hydrogens is 264 g/mol. The highest BCUT2D eigenvalue weighted by Gasteiger charge is 2.22. The fourth-order valence-corrected chi connectivity index (χ4v) is 2.81. The minimum absolute atomic E-state index is 0.169. The van der Waals surface area contributed by atoms with Crippen molar-refractivity contribution in [2.45, 2.75) is 39.5 Å². The number of ether oxygens (including phenoxy) is 1. The van der Waals surface area contributed by atoms with E-state index in [0.29, 0.717) is 36.2 Å². The Labute approximate surface area is 127 Å². The summed E-state index contributed by atoms with van der Waals surface area (Å²) in [6.07, 6.45) is 7.29. The van der Waals surface area contributed by atoms with Gasteiger partial charge in [0.25, 0.3) is 0 Å². The molecule has 0 radical (unpaired) electrons. The van der Waals surface area contributed by atoms with Gasteiger partial charge in [0.1, 0.15) is 5.75 Å². The molecule has 2 unspecified atom stereocenters. The van der Waals surface area contributed by atoms with Crippen LogP contribution in [-0.2, 0) is 0 Å². The number of carbonyl (C=O) groups is 1. The van der Waals surface area contributed by atoms with Crippen LogP contribution in [0.25, 0.3) is 0 Å². The Kier molecular flexibility index (Phi) is 6.18. The van der Waals surface area contributed by atoms with Gasteiger partial charge in [0.15, 0.2) is 5.78 Å². The standard InChI is InChI=1S/C17H26N2O2/c1-3-7-21-16-9-15(11-19-12-16)17(20)8-13(2)14-5-4-6-18-10-14/h9,11-14,18H,3-8,10H2,1-2H3. The molecule has 0 aliphatic carbocycles. The molecule has 0 bridgehead atoms. The van der Waals surface area contributed by atoms with Crippen LogP contribution >= 0.6 is 0 Å². The van der Waals surface area contributed by atoms with Gasteiger partial charge in [0.2, 0.25) is 0 Å². The highest BCUT2D eigenvalue weighted by atomic mass is 16.5. The summed E-state index contributed by atoms with van der Waals surface area (Å²) in [5, 5.41) is 3.42. The summed E-state index contributed by atoms with van der Waals surface area (Å²) in [5.74, 6) is 1.87. The first kappa shape index (κ1) is 16.0. The quantitative estimate of drug-likeness (QED) is 0.784. The van der Waals surface area contributed by atoms with Crippen LogP contribution in [0.4, 0.5) is 0 Å². The van der Waals surface area contributed by atoms with Gasteiger partial charge in [0.05, 0.1) is 12.8 Å². The molecule has 0 amide bonds. The maximum absolute atomic E-state index is 12.4. The van der Waals surface area contributed by atoms with E-state index in [-0.39, 0.29) is 5.78 Å². The molecule has 4 nitrogen and oxygen atoms in total. The molecule has 1 aromatic rings. The molecule has 2 heterocycles. The zero-order valence-corrected chi connectivity index (χ0v) is 13.1. The Morgan fingerprint density at radius 1 is 1.52 bits per heavy atom. The Morgan fingerprint density at radius 2 is 2.38 bits per heavy atom. The SMILES string of the molecule is CCCOc1cncc(C(=O)CC(C)C2CCCNC2)c1. The summed E-state index contributed by atoms with van der Waals surface area (Å²) >= 11 is 0. The van der Waals surface area contributed by atoms with E-state index in [2.05, 4.69) is 24.1 Å². The third kappa shape index (κ3) is 4.81. The number of hydrogen-bond acceptors (Lipinski definition) is 4. The zero-order valence-electron chi connectivity index (χ0n) is 13.1. The van der Waals surface area contributed by atoms with Gasteiger partial charge in [0, 0.05) is 18.2 Å². The summed E-state index contributed by atoms with van der Waals surface area (Å²) in [6, 6.07) is 1.82. The number of pyridine rings is 1. The summed E-state index contributed by atoms with van der Waals surface area (Å²) < 4.78 is 5.54. The fraction of sp³-hybridized carbons (Fsp3) is 0.647. The Morgan fingerprint density at radius 3 is 3.10 bits per heavy atom. The van der Waals surface area contributed by atoms with Gasteiger partial charge < -0.3 is 10.1 Å². The lowest BCUT2D eigenvalue weighted by Crippen LogP contribution is -2.34. The fourth-order valence-electron chi connectivity index (χ4n) is 2.81. The van der Waals surface area contributed by atoms with Crippen LogP contribution < -0.4 is 10.1 Å². The Balaban J connectivity index is 1.92. The van der Waals surface area contributed by atoms with Gasteiger partial charge >= 0.3 is 0 Å². The Bertz CT molecular complexity index is 456. The predicted octanol–water partition coefficient (Wildman–Crippen LogP) is 3.08. The molecule has 0 saturated carbocycles. The van der Waals surface area contributed by atoms with Gasteiger partial charge in [-0.3, -0.25) is 9.78 Å². The molecular formula is C17H26N2O2. The van der Waals surface area contributed by atoms with Gasteiger partial charge in [-0.1, -0.05) is 13.8 Å². The molecule has 21 heavy (non-hydrogen) atoms. The lowest BCUT2D eigenvalue weighted by atomic mass is 9.83. The van der Waals surface area contributed by atoms with E-state index in [1.54, 1.807) is 12.4 Å². The lowest BCUT2D eigenvalue weighted by molar-refractivity contribution is 0.0942. The number of carbonyl (C=O) groups excluding carboxylic acids is 1. The Hall–Kier alpha value is -1.42. The number of rotatable bonds is 7. The number of piperidine rings is 1. The molecule has 2 rings (SSSR count). The first-order chi connectivity index (χ1) is 10.2. The second kappa shape index (κ2) is 8.13. The average Bonchev–Trinajstić information content (AvgIpc) is 2.54. The molecule has 4 heteroatoms. The van der Waals surface area contributed by atoms with Gasteiger partial charge in [-0.25, -0.2) is 0 Å². The van der Waals surface area contributed by atoms with Crippen molar-refractivity contribution < 1.29 is 9.53 Å². The second-order valence-corrected chi connectivity index (χ2v) is 5.97. The summed E-state index contributed by atoms with van der Waals surface area (Å²) in [4.78, 5) is 16.5. The second-order valence-electron chi connectivity index (χ2n) is 5.97. The number of hydrogen-bond donors (Lipinski definition) is 1. The van der Waals surface area contributed by atoms with E-state index in [9.17, 15) is 4.79 Å². The first-order valence-electron chi connectivity index (χ1n) is 8.02. The third-order valence-corrected chi connectivity index (χ3v) is 4.16. The minimum atomic E-state index is 0.169. The topological polar surface area (TPSA) is 51.2 Å². The van der Waals surface area contributed by atoms with Crippen molar-refractivity contribution in [2.75, 3.05) is 19.7 Å². The minimum Gasteiger partial charge on any atom is -0.492 e. The van der Waals surface area contributed by atoms with Crippen LogP contribution in [0.15, 0.2) is 18.5 Å². The number of nitrogens with one attached hydrogen (secondary N) is 1. The maximum Gasteiger partial charge on any atom is 0.164 e. The number of nitrogens with zero attached hydrogens (tertiary/aromatic N) is 1. The number of Topliss-reactive ketones (excluding diaryl/α,β-unsaturated/α-hetero) is 1. The van der Waals surface area contributed by atoms with E-state index in [0.717, 1.165) is 19.5 Å². The van der Waals surface area contributed by atoms with E-state index in [4.69, 9.17) is 4.74 Å². The van der Waals surface area contributed by atoms with Crippen molar-refractivity contribution >= 4 is 5.78 Å². The van der Waals surface area contributed by atoms with Crippen molar-refractivity contribution in [1.82, 2.24) is 10.3 Å². The van der Waals surface area contributed by atoms with E-state index in [1.165, 1.54) is 12.8 Å². The first-order valence-corrected chi connectivity index (χ1v) is 8.02. The molecule has 1 aliphatic heterocycles. The molecule has 116 valence electrons. The van der Waals surface area contributed by atoms with Crippen molar-refractivity contribution in [2.24, 2.45) is 11.8 Å². The van der Waals surface area contributed by atoms with Crippen molar-refractivity contribution in [3.8, 4) is 5.75 Å². The smallest absolute Gasteiger partial charge is 0.164 e. The molecule has 2 atom stereocenters. The van der Waals surface area contributed by atoms with E-state index < -0.39 is 0 Å². The zero-order chi connectivity index (χ0) is 15.1. The van der Waals surface area contributed by atoms with Gasteiger partial charge in [-0.2, -0.15) is 0 Å². The van der Waals surface area contributed by atoms with Crippen molar-refractivity contribution in [3.05, 3.63) is 24.0 Å². The van der Waals surface area contributed by atoms with Crippen LogP contribution in [0, 0.1) is 11.8 Å². The molecule has 1 N–H and O–H groups in total. The monoisotopic (exact) mass is 290 g/mol. The van der Waals surface area contributed by atoms with Crippen molar-refractivity contribution in [1.29, 1.82) is 0 Å². The molecule has 1 aliphatic rings. The van der Waals surface area contributed by atoms with Crippen molar-refractivity contribution in [3.63, 3.8) is 0 Å². The van der Waals surface area contributed by atoms with Crippen LogP contribution in [-0.4, -0.2) is 30.5 Å². The normalized spacial score (nSPS) is 20.0. The molecule has 1 fully saturated rings. The largest absolute Gasteiger partial charge is 0.492 e. The summed E-state index contributed by atoms with van der Waals surface area (Å²) in [7, 11) is 0. The maximum atomic E-state index is 12.4. The summed E-state index contributed by atoms with van der Waals surface area (Å²) in [6.45, 7) is 7.04. The van der Waals surface area contributed by atoms with E-state index >= 15 is 0 Å². The van der Waals surface area contributed by atoms with Gasteiger partial charge in [-0.15, -0.1) is 0 Å². The number of aromatic nitrogens is 1. The molecule has 1 saturated heterocycles. The molecule has 0 spiro atoms. The number of ketones is 1. The van der Waals surface area contributed by atoms with Gasteiger partial charge in [-0.05, 0) is 50.3 Å². The third-order valence-electron chi connectivity index (χ3n) is 4.16. The predicted molar refractivity (Wildman–Crippen MR) is 83.7 cm³/mol. The lowest BCUT2D eigenvalue weighted by Gasteiger charge is -2.28. The van der Waals surface area contributed by atoms with Crippen LogP contribution in [0.3, 0.4) is 0 Å². The molecule has 0 aromatic carbocycles. The van der Waals surface area contributed by atoms with Crippen LogP contribution in [0.2, 0.25) is 0 Å². The van der Waals surface area contributed by atoms with E-state index in [1.807, 2.05) is 6.07 Å². The van der Waals surface area contributed by atoms with Crippen LogP contribution in [0.5, 0.6) is 5.75 Å². The van der Waals surface area contributed by atoms with Crippen LogP contribution in [0.1, 0.15) is 49.9 Å². The average molecular weight is 290 g/mol. The summed E-state index contributed by atoms with van der Waals surface area (Å²) in [5.41, 5.74) is 0.666. The molecule has 1 aromatic heterocycles.